The van der Waals surface area contributed by atoms with Crippen LogP contribution in [0.25, 0.3) is 94.2 Å². The van der Waals surface area contributed by atoms with Crippen LogP contribution in [0.5, 0.6) is 0 Å². The van der Waals surface area contributed by atoms with E-state index in [0.29, 0.717) is 5.82 Å². The van der Waals surface area contributed by atoms with Gasteiger partial charge in [0, 0.05) is 50.1 Å². The van der Waals surface area contributed by atoms with E-state index >= 15 is 0 Å². The Morgan fingerprint density at radius 1 is 0.500 bits per heavy atom. The predicted molar refractivity (Wildman–Crippen MR) is 195 cm³/mol. The molecule has 10 rings (SSSR count). The normalized spacial score (nSPS) is 11.8. The second-order valence-corrected chi connectivity index (χ2v) is 12.0. The Morgan fingerprint density at radius 2 is 1.17 bits per heavy atom. The van der Waals surface area contributed by atoms with Crippen LogP contribution in [-0.4, -0.2) is 19.5 Å². The summed E-state index contributed by atoms with van der Waals surface area (Å²) in [6, 6.07) is 52.3. The molecule has 0 aliphatic heterocycles. The lowest BCUT2D eigenvalue weighted by Crippen LogP contribution is -1.98. The molecule has 4 aromatic heterocycles. The summed E-state index contributed by atoms with van der Waals surface area (Å²) in [5.41, 5.74) is 10.5. The second-order valence-electron chi connectivity index (χ2n) is 12.0. The van der Waals surface area contributed by atoms with Gasteiger partial charge >= 0.3 is 0 Å². The van der Waals surface area contributed by atoms with E-state index in [-0.39, 0.29) is 0 Å². The molecule has 0 aliphatic carbocycles. The van der Waals surface area contributed by atoms with Crippen molar-refractivity contribution in [1.29, 1.82) is 0 Å². The molecule has 4 heterocycles. The van der Waals surface area contributed by atoms with Crippen LogP contribution in [0, 0.1) is 0 Å². The molecule has 10 aromatic rings. The maximum atomic E-state index is 6.57. The van der Waals surface area contributed by atoms with E-state index in [1.54, 1.807) is 0 Å². The van der Waals surface area contributed by atoms with E-state index in [0.717, 1.165) is 83.0 Å². The van der Waals surface area contributed by atoms with Crippen LogP contribution < -0.4 is 0 Å². The minimum atomic E-state index is 0.694. The van der Waals surface area contributed by atoms with Crippen molar-refractivity contribution < 1.29 is 4.42 Å². The molecule has 224 valence electrons. The Kier molecular flexibility index (Phi) is 5.81. The fourth-order valence-corrected chi connectivity index (χ4v) is 7.13. The Morgan fingerprint density at radius 3 is 2.00 bits per heavy atom. The highest BCUT2D eigenvalue weighted by Gasteiger charge is 2.23. The van der Waals surface area contributed by atoms with Gasteiger partial charge in [-0.3, -0.25) is 4.98 Å². The fraction of sp³-hybridized carbons (Fsp3) is 0. The van der Waals surface area contributed by atoms with Gasteiger partial charge in [-0.1, -0.05) is 115 Å². The lowest BCUT2D eigenvalue weighted by Gasteiger charge is -2.13. The standard InChI is InChI=1S/C43H26N4O/c1-3-13-27(14-4-1)34-26-35(46-43(45-34)28-15-5-2-6-16-28)29-17-11-18-30(25-29)47-36-22-9-7-19-31(36)38-33-21-12-24-44-40(33)42-39(41(38)47)32-20-8-10-23-37(32)48-42/h1-26H. The number of pyridine rings is 1. The number of hydrogen-bond donors (Lipinski definition) is 0. The molecule has 5 nitrogen and oxygen atoms in total. The lowest BCUT2D eigenvalue weighted by atomic mass is 10.0. The summed E-state index contributed by atoms with van der Waals surface area (Å²) in [5.74, 6) is 0.694. The predicted octanol–water partition coefficient (Wildman–Crippen LogP) is 11.0. The Hall–Kier alpha value is -6.59. The van der Waals surface area contributed by atoms with E-state index in [1.807, 2.05) is 60.8 Å². The van der Waals surface area contributed by atoms with Crippen LogP contribution in [0.1, 0.15) is 0 Å². The Bertz CT molecular complexity index is 2780. The first-order valence-electron chi connectivity index (χ1n) is 16.0. The van der Waals surface area contributed by atoms with Gasteiger partial charge in [0.25, 0.3) is 0 Å². The van der Waals surface area contributed by atoms with Crippen molar-refractivity contribution in [3.05, 3.63) is 158 Å². The Labute approximate surface area is 275 Å². The van der Waals surface area contributed by atoms with Crippen molar-refractivity contribution in [2.75, 3.05) is 0 Å². The number of para-hydroxylation sites is 2. The molecule has 6 aromatic carbocycles. The van der Waals surface area contributed by atoms with Crippen LogP contribution in [0.3, 0.4) is 0 Å². The third-order valence-corrected chi connectivity index (χ3v) is 9.23. The monoisotopic (exact) mass is 614 g/mol. The first-order valence-corrected chi connectivity index (χ1v) is 16.0. The topological polar surface area (TPSA) is 56.7 Å². The van der Waals surface area contributed by atoms with Crippen LogP contribution in [0.4, 0.5) is 0 Å². The molecular formula is C43H26N4O. The third kappa shape index (κ3) is 4.01. The Balaban J connectivity index is 1.28. The average molecular weight is 615 g/mol. The molecular weight excluding hydrogens is 589 g/mol. The molecule has 0 amide bonds. The fourth-order valence-electron chi connectivity index (χ4n) is 7.13. The molecule has 0 atom stereocenters. The molecule has 0 radical (unpaired) electrons. The number of fused-ring (bicyclic) bond motifs is 10. The van der Waals surface area contributed by atoms with Crippen molar-refractivity contribution in [3.63, 3.8) is 0 Å². The molecule has 0 bridgehead atoms. The van der Waals surface area contributed by atoms with Crippen molar-refractivity contribution in [2.45, 2.75) is 0 Å². The van der Waals surface area contributed by atoms with E-state index in [9.17, 15) is 0 Å². The maximum Gasteiger partial charge on any atom is 0.163 e. The number of hydrogen-bond acceptors (Lipinski definition) is 4. The molecule has 0 aliphatic rings. The van der Waals surface area contributed by atoms with Gasteiger partial charge in [-0.15, -0.1) is 0 Å². The van der Waals surface area contributed by atoms with Crippen LogP contribution in [-0.2, 0) is 0 Å². The molecule has 0 fully saturated rings. The van der Waals surface area contributed by atoms with E-state index in [4.69, 9.17) is 19.4 Å². The minimum Gasteiger partial charge on any atom is -0.454 e. The summed E-state index contributed by atoms with van der Waals surface area (Å²) in [6.45, 7) is 0. The number of rotatable bonds is 4. The molecule has 5 heteroatoms. The van der Waals surface area contributed by atoms with Gasteiger partial charge < -0.3 is 8.98 Å². The highest BCUT2D eigenvalue weighted by molar-refractivity contribution is 6.34. The van der Waals surface area contributed by atoms with Gasteiger partial charge in [0.2, 0.25) is 0 Å². The first kappa shape index (κ1) is 26.6. The van der Waals surface area contributed by atoms with Crippen molar-refractivity contribution in [3.8, 4) is 39.6 Å². The van der Waals surface area contributed by atoms with Crippen molar-refractivity contribution in [1.82, 2.24) is 19.5 Å². The summed E-state index contributed by atoms with van der Waals surface area (Å²) < 4.78 is 8.95. The van der Waals surface area contributed by atoms with Gasteiger partial charge in [0.15, 0.2) is 11.4 Å². The van der Waals surface area contributed by atoms with Crippen LogP contribution in [0.2, 0.25) is 0 Å². The summed E-state index contributed by atoms with van der Waals surface area (Å²) in [6.07, 6.45) is 1.85. The van der Waals surface area contributed by atoms with Gasteiger partial charge in [0.05, 0.1) is 27.8 Å². The first-order chi connectivity index (χ1) is 23.8. The van der Waals surface area contributed by atoms with Crippen LogP contribution in [0.15, 0.2) is 162 Å². The number of furan rings is 1. The smallest absolute Gasteiger partial charge is 0.163 e. The van der Waals surface area contributed by atoms with Gasteiger partial charge in [-0.05, 0) is 36.4 Å². The van der Waals surface area contributed by atoms with Gasteiger partial charge in [-0.2, -0.15) is 0 Å². The molecule has 0 spiro atoms. The zero-order valence-electron chi connectivity index (χ0n) is 25.7. The second kappa shape index (κ2) is 10.5. The number of benzene rings is 6. The summed E-state index contributed by atoms with van der Waals surface area (Å²) in [5, 5.41) is 5.54. The highest BCUT2D eigenvalue weighted by Crippen LogP contribution is 2.45. The van der Waals surface area contributed by atoms with E-state index < -0.39 is 0 Å². The molecule has 0 unspecified atom stereocenters. The molecule has 48 heavy (non-hydrogen) atoms. The minimum absolute atomic E-state index is 0.694. The largest absolute Gasteiger partial charge is 0.454 e. The molecule has 0 saturated heterocycles. The quantitative estimate of drug-likeness (QED) is 0.198. The summed E-state index contributed by atoms with van der Waals surface area (Å²) in [7, 11) is 0. The van der Waals surface area contributed by atoms with Gasteiger partial charge in [0.1, 0.15) is 11.1 Å². The van der Waals surface area contributed by atoms with Crippen LogP contribution >= 0.6 is 0 Å². The van der Waals surface area contributed by atoms with Crippen molar-refractivity contribution >= 4 is 54.6 Å². The van der Waals surface area contributed by atoms with Crippen molar-refractivity contribution in [2.24, 2.45) is 0 Å². The van der Waals surface area contributed by atoms with E-state index in [2.05, 4.69) is 102 Å². The molecule has 0 N–H and O–H groups in total. The maximum absolute atomic E-state index is 6.57. The lowest BCUT2D eigenvalue weighted by molar-refractivity contribution is 0.672. The van der Waals surface area contributed by atoms with E-state index in [1.165, 1.54) is 5.39 Å². The summed E-state index contributed by atoms with van der Waals surface area (Å²) in [4.78, 5) is 15.0. The zero-order valence-corrected chi connectivity index (χ0v) is 25.7. The number of nitrogens with zero attached hydrogens (tertiary/aromatic N) is 4. The highest BCUT2D eigenvalue weighted by atomic mass is 16.3. The third-order valence-electron chi connectivity index (χ3n) is 9.23. The summed E-state index contributed by atoms with van der Waals surface area (Å²) >= 11 is 0. The zero-order chi connectivity index (χ0) is 31.6. The SMILES string of the molecule is c1ccc(-c2cc(-c3cccc(-n4c5ccccc5c5c6cccnc6c6oc7ccccc7c6c54)c3)nc(-c3ccccc3)n2)cc1. The number of aromatic nitrogens is 4. The van der Waals surface area contributed by atoms with Gasteiger partial charge in [-0.25, -0.2) is 9.97 Å². The molecule has 0 saturated carbocycles. The average Bonchev–Trinajstić information content (AvgIpc) is 3.72.